The van der Waals surface area contributed by atoms with E-state index in [-0.39, 0.29) is 36.2 Å². The number of aromatic nitrogens is 2. The Hall–Kier alpha value is -3.74. The van der Waals surface area contributed by atoms with Gasteiger partial charge in [0.15, 0.2) is 0 Å². The quantitative estimate of drug-likeness (QED) is 0.259. The molecule has 1 aliphatic rings. The molecular weight excluding hydrogens is 610 g/mol. The van der Waals surface area contributed by atoms with Gasteiger partial charge in [-0.25, -0.2) is 4.79 Å². The molecule has 0 saturated carbocycles. The molecule has 254 valence electrons. The van der Waals surface area contributed by atoms with Crippen molar-refractivity contribution in [3.05, 3.63) is 37.3 Å². The van der Waals surface area contributed by atoms with Crippen molar-refractivity contribution in [1.82, 2.24) is 15.3 Å². The smallest absolute Gasteiger partial charge is 0.329 e. The monoisotopic (exact) mass is 659 g/mol. The van der Waals surface area contributed by atoms with Crippen LogP contribution < -0.4 is 21.5 Å². The van der Waals surface area contributed by atoms with Crippen LogP contribution in [0.2, 0.25) is 0 Å². The maximum absolute atomic E-state index is 13.3. The minimum Gasteiger partial charge on any atom is -0.460 e. The molecule has 0 aromatic carbocycles. The molecule has 0 spiro atoms. The van der Waals surface area contributed by atoms with E-state index in [1.807, 2.05) is 6.92 Å². The Balaban J connectivity index is 1.64. The van der Waals surface area contributed by atoms with E-state index >= 15 is 0 Å². The van der Waals surface area contributed by atoms with E-state index in [2.05, 4.69) is 25.9 Å². The number of rotatable bonds is 10. The van der Waals surface area contributed by atoms with Crippen LogP contribution in [-0.4, -0.2) is 57.5 Å². The van der Waals surface area contributed by atoms with Crippen molar-refractivity contribution >= 4 is 46.9 Å². The Labute approximate surface area is 274 Å². The standard InChI is InChI=1S/C33H49N5O7S/c1-18-15-23(27(41)35-21(28(42)45-33(8,9)10)12-14-24(39)44-32(5,6)7)46-22(18)13-11-19-16-20-25(34-17-19)36-30(37-26(20)40)38-29(43)31(2,3)4/h15,19,21H,11-14,16-17H2,1-10H3,(H,35,41)(H3,34,36,37,38,40,43)/t19?,21-/m0/s1. The van der Waals surface area contributed by atoms with Gasteiger partial charge in [0.1, 0.15) is 23.1 Å². The summed E-state index contributed by atoms with van der Waals surface area (Å²) in [4.78, 5) is 72.3. The number of hydrogen-bond donors (Lipinski definition) is 4. The molecule has 4 N–H and O–H groups in total. The molecule has 12 nitrogen and oxygen atoms in total. The summed E-state index contributed by atoms with van der Waals surface area (Å²) in [7, 11) is 0. The van der Waals surface area contributed by atoms with Gasteiger partial charge in [-0.2, -0.15) is 4.98 Å². The Morgan fingerprint density at radius 1 is 1.04 bits per heavy atom. The molecule has 46 heavy (non-hydrogen) atoms. The molecule has 1 aliphatic heterocycles. The number of nitrogens with one attached hydrogen (secondary N) is 4. The number of esters is 2. The average Bonchev–Trinajstić information content (AvgIpc) is 3.27. The van der Waals surface area contributed by atoms with Crippen LogP contribution in [0, 0.1) is 18.3 Å². The van der Waals surface area contributed by atoms with E-state index in [1.54, 1.807) is 68.4 Å². The van der Waals surface area contributed by atoms with Crippen LogP contribution >= 0.6 is 11.3 Å². The number of nitrogens with zero attached hydrogens (tertiary/aromatic N) is 1. The predicted molar refractivity (Wildman–Crippen MR) is 178 cm³/mol. The summed E-state index contributed by atoms with van der Waals surface area (Å²) in [6, 6.07) is 0.777. The lowest BCUT2D eigenvalue weighted by Gasteiger charge is -2.25. The van der Waals surface area contributed by atoms with Crippen molar-refractivity contribution in [1.29, 1.82) is 0 Å². The SMILES string of the molecule is Cc1cc(C(=O)N[C@@H](CCC(=O)OC(C)(C)C)C(=O)OC(C)(C)C)sc1CCC1CNc2nc(NC(=O)C(C)(C)C)[nH]c(=O)c2C1. The molecule has 13 heteroatoms. The molecule has 2 aromatic heterocycles. The van der Waals surface area contributed by atoms with Gasteiger partial charge in [-0.15, -0.1) is 11.3 Å². The van der Waals surface area contributed by atoms with Gasteiger partial charge in [-0.1, -0.05) is 20.8 Å². The highest BCUT2D eigenvalue weighted by Crippen LogP contribution is 2.28. The van der Waals surface area contributed by atoms with Gasteiger partial charge >= 0.3 is 11.9 Å². The van der Waals surface area contributed by atoms with Crippen LogP contribution in [0.5, 0.6) is 0 Å². The third-order valence-electron chi connectivity index (χ3n) is 7.06. The summed E-state index contributed by atoms with van der Waals surface area (Å²) < 4.78 is 10.9. The molecular formula is C33H49N5O7S. The summed E-state index contributed by atoms with van der Waals surface area (Å²) in [5, 5.41) is 8.68. The van der Waals surface area contributed by atoms with Crippen molar-refractivity contribution in [2.24, 2.45) is 11.3 Å². The lowest BCUT2D eigenvalue weighted by molar-refractivity contribution is -0.158. The Morgan fingerprint density at radius 3 is 2.30 bits per heavy atom. The first-order valence-electron chi connectivity index (χ1n) is 15.6. The topological polar surface area (TPSA) is 169 Å². The summed E-state index contributed by atoms with van der Waals surface area (Å²) >= 11 is 1.36. The molecule has 0 radical (unpaired) electrons. The number of aryl methyl sites for hydroxylation is 2. The summed E-state index contributed by atoms with van der Waals surface area (Å²) in [5.74, 6) is -0.987. The van der Waals surface area contributed by atoms with Crippen molar-refractivity contribution in [3.63, 3.8) is 0 Å². The zero-order valence-electron chi connectivity index (χ0n) is 28.7. The normalized spacial score (nSPS) is 15.7. The van der Waals surface area contributed by atoms with Crippen LogP contribution in [0.3, 0.4) is 0 Å². The number of amides is 2. The molecule has 3 heterocycles. The van der Waals surface area contributed by atoms with Gasteiger partial charge in [0.05, 0.1) is 10.4 Å². The molecule has 0 bridgehead atoms. The van der Waals surface area contributed by atoms with Crippen molar-refractivity contribution < 1.29 is 28.7 Å². The fourth-order valence-electron chi connectivity index (χ4n) is 4.71. The molecule has 2 amide bonds. The van der Waals surface area contributed by atoms with Gasteiger partial charge in [-0.3, -0.25) is 29.5 Å². The second-order valence-electron chi connectivity index (χ2n) is 14.8. The molecule has 2 aromatic rings. The zero-order valence-corrected chi connectivity index (χ0v) is 29.5. The number of ether oxygens (including phenoxy) is 2. The van der Waals surface area contributed by atoms with E-state index in [1.165, 1.54) is 11.3 Å². The number of H-pyrrole nitrogens is 1. The highest BCUT2D eigenvalue weighted by molar-refractivity contribution is 7.14. The first-order chi connectivity index (χ1) is 21.1. The molecule has 1 unspecified atom stereocenters. The van der Waals surface area contributed by atoms with Crippen LogP contribution in [0.1, 0.15) is 107 Å². The van der Waals surface area contributed by atoms with Gasteiger partial charge in [0.2, 0.25) is 11.9 Å². The second-order valence-corrected chi connectivity index (χ2v) is 16.0. The zero-order chi connectivity index (χ0) is 34.6. The van der Waals surface area contributed by atoms with Gasteiger partial charge in [0, 0.05) is 23.3 Å². The molecule has 2 atom stereocenters. The maximum atomic E-state index is 13.3. The van der Waals surface area contributed by atoms with Crippen LogP contribution in [0.25, 0.3) is 0 Å². The third-order valence-corrected chi connectivity index (χ3v) is 8.35. The lowest BCUT2D eigenvalue weighted by atomic mass is 9.92. The first kappa shape index (κ1) is 36.7. The Bertz CT molecular complexity index is 1510. The van der Waals surface area contributed by atoms with Gasteiger partial charge in [0.25, 0.3) is 11.5 Å². The number of carbonyl (C=O) groups is 4. The number of fused-ring (bicyclic) bond motifs is 1. The van der Waals surface area contributed by atoms with Crippen LogP contribution in [0.15, 0.2) is 10.9 Å². The highest BCUT2D eigenvalue weighted by Gasteiger charge is 2.30. The Morgan fingerprint density at radius 2 is 1.70 bits per heavy atom. The third kappa shape index (κ3) is 11.0. The molecule has 0 fully saturated rings. The van der Waals surface area contributed by atoms with Crippen LogP contribution in [0.4, 0.5) is 11.8 Å². The molecule has 3 rings (SSSR count). The van der Waals surface area contributed by atoms with Gasteiger partial charge in [-0.05, 0) is 91.7 Å². The van der Waals surface area contributed by atoms with Crippen LogP contribution in [-0.2, 0) is 36.7 Å². The summed E-state index contributed by atoms with van der Waals surface area (Å²) in [5.41, 5.74) is -0.838. The number of thiophene rings is 1. The van der Waals surface area contributed by atoms with E-state index in [0.717, 1.165) is 16.9 Å². The summed E-state index contributed by atoms with van der Waals surface area (Å²) in [6.07, 6.45) is 1.99. The number of aromatic amines is 1. The number of hydrogen-bond acceptors (Lipinski definition) is 10. The fourth-order valence-corrected chi connectivity index (χ4v) is 5.81. The predicted octanol–water partition coefficient (Wildman–Crippen LogP) is 4.90. The van der Waals surface area contributed by atoms with E-state index in [9.17, 15) is 24.0 Å². The highest BCUT2D eigenvalue weighted by atomic mass is 32.1. The van der Waals surface area contributed by atoms with E-state index in [4.69, 9.17) is 9.47 Å². The average molecular weight is 660 g/mol. The minimum absolute atomic E-state index is 0.0430. The summed E-state index contributed by atoms with van der Waals surface area (Å²) in [6.45, 7) is 18.4. The second kappa shape index (κ2) is 14.4. The fraction of sp³-hybridized carbons (Fsp3) is 0.636. The maximum Gasteiger partial charge on any atom is 0.329 e. The number of carbonyl (C=O) groups excluding carboxylic acids is 4. The van der Waals surface area contributed by atoms with Crippen molar-refractivity contribution in [3.8, 4) is 0 Å². The lowest BCUT2D eigenvalue weighted by Crippen LogP contribution is -2.44. The Kier molecular flexibility index (Phi) is 11.5. The van der Waals surface area contributed by atoms with Gasteiger partial charge < -0.3 is 20.1 Å². The van der Waals surface area contributed by atoms with E-state index in [0.29, 0.717) is 35.6 Å². The number of anilines is 2. The minimum atomic E-state index is -1.02. The largest absolute Gasteiger partial charge is 0.460 e. The van der Waals surface area contributed by atoms with Crippen molar-refractivity contribution in [2.75, 3.05) is 17.2 Å². The van der Waals surface area contributed by atoms with Crippen molar-refractivity contribution in [2.45, 2.75) is 119 Å². The van der Waals surface area contributed by atoms with E-state index < -0.39 is 40.5 Å². The molecule has 0 aliphatic carbocycles. The first-order valence-corrected chi connectivity index (χ1v) is 16.5. The molecule has 0 saturated heterocycles.